The van der Waals surface area contributed by atoms with Gasteiger partial charge in [-0.1, -0.05) is 49.6 Å². The largest absolute Gasteiger partial charge is 0.456 e. The molecule has 0 spiro atoms. The van der Waals surface area contributed by atoms with Crippen LogP contribution in [0.15, 0.2) is 45.3 Å². The van der Waals surface area contributed by atoms with E-state index in [-0.39, 0.29) is 0 Å². The molecule has 0 aliphatic heterocycles. The summed E-state index contributed by atoms with van der Waals surface area (Å²) in [4.78, 5) is 0. The van der Waals surface area contributed by atoms with Crippen LogP contribution in [0, 0.1) is 6.92 Å². The summed E-state index contributed by atoms with van der Waals surface area (Å²) < 4.78 is 7.89. The third-order valence-corrected chi connectivity index (χ3v) is 4.19. The molecule has 0 unspecified atom stereocenters. The van der Waals surface area contributed by atoms with Crippen molar-refractivity contribution in [3.05, 3.63) is 56.5 Å². The molecule has 0 atom stereocenters. The number of hydrogen-bond acceptors (Lipinski definition) is 1. The SMILES string of the molecule is Cc1ccc(Oc2ccc(Br)cc2Br)c(CBr)c1. The smallest absolute Gasteiger partial charge is 0.141 e. The molecule has 94 valence electrons. The van der Waals surface area contributed by atoms with E-state index in [1.165, 1.54) is 5.56 Å². The molecule has 4 heteroatoms. The summed E-state index contributed by atoms with van der Waals surface area (Å²) in [5.41, 5.74) is 2.37. The average molecular weight is 435 g/mol. The maximum Gasteiger partial charge on any atom is 0.141 e. The average Bonchev–Trinajstić information content (AvgIpc) is 2.34. The molecular weight excluding hydrogens is 424 g/mol. The van der Waals surface area contributed by atoms with Gasteiger partial charge in [0.2, 0.25) is 0 Å². The van der Waals surface area contributed by atoms with E-state index in [9.17, 15) is 0 Å². The molecular formula is C14H11Br3O. The van der Waals surface area contributed by atoms with Crippen molar-refractivity contribution in [2.75, 3.05) is 0 Å². The maximum atomic E-state index is 5.94. The van der Waals surface area contributed by atoms with Crippen LogP contribution in [0.2, 0.25) is 0 Å². The van der Waals surface area contributed by atoms with Gasteiger partial charge in [-0.25, -0.2) is 0 Å². The van der Waals surface area contributed by atoms with Crippen LogP contribution in [0.3, 0.4) is 0 Å². The number of benzene rings is 2. The Hall–Kier alpha value is -0.320. The molecule has 2 rings (SSSR count). The van der Waals surface area contributed by atoms with Gasteiger partial charge >= 0.3 is 0 Å². The summed E-state index contributed by atoms with van der Waals surface area (Å²) in [5.74, 6) is 1.68. The molecule has 1 nitrogen and oxygen atoms in total. The minimum atomic E-state index is 0.776. The Balaban J connectivity index is 2.33. The van der Waals surface area contributed by atoms with Crippen molar-refractivity contribution in [2.45, 2.75) is 12.3 Å². The number of ether oxygens (including phenoxy) is 1. The van der Waals surface area contributed by atoms with Gasteiger partial charge in [-0.05, 0) is 47.1 Å². The van der Waals surface area contributed by atoms with Gasteiger partial charge in [0, 0.05) is 15.4 Å². The van der Waals surface area contributed by atoms with Crippen LogP contribution in [0.25, 0.3) is 0 Å². The Bertz CT molecular complexity index is 567. The summed E-state index contributed by atoms with van der Waals surface area (Å²) in [5, 5.41) is 0.776. The summed E-state index contributed by atoms with van der Waals surface area (Å²) >= 11 is 10.4. The zero-order valence-corrected chi connectivity index (χ0v) is 14.5. The topological polar surface area (TPSA) is 9.23 Å². The second-order valence-electron chi connectivity index (χ2n) is 3.92. The van der Waals surface area contributed by atoms with Gasteiger partial charge in [0.25, 0.3) is 0 Å². The van der Waals surface area contributed by atoms with Crippen LogP contribution < -0.4 is 4.74 Å². The molecule has 2 aromatic rings. The second kappa shape index (κ2) is 6.22. The highest BCUT2D eigenvalue weighted by Crippen LogP contribution is 2.34. The van der Waals surface area contributed by atoms with Gasteiger partial charge in [0.15, 0.2) is 0 Å². The maximum absolute atomic E-state index is 5.94. The first-order chi connectivity index (χ1) is 8.60. The predicted octanol–water partition coefficient (Wildman–Crippen LogP) is 6.21. The molecule has 0 saturated carbocycles. The Morgan fingerprint density at radius 2 is 1.72 bits per heavy atom. The molecule has 0 N–H and O–H groups in total. The first-order valence-electron chi connectivity index (χ1n) is 5.38. The quantitative estimate of drug-likeness (QED) is 0.522. The number of hydrogen-bond donors (Lipinski definition) is 0. The first kappa shape index (κ1) is 14.1. The molecule has 2 aromatic carbocycles. The van der Waals surface area contributed by atoms with Crippen LogP contribution >= 0.6 is 47.8 Å². The minimum absolute atomic E-state index is 0.776. The van der Waals surface area contributed by atoms with E-state index >= 15 is 0 Å². The number of halogens is 3. The zero-order valence-electron chi connectivity index (χ0n) is 9.71. The molecule has 0 radical (unpaired) electrons. The molecule has 0 bridgehead atoms. The molecule has 0 aliphatic carbocycles. The van der Waals surface area contributed by atoms with E-state index in [2.05, 4.69) is 60.8 Å². The second-order valence-corrected chi connectivity index (χ2v) is 6.25. The van der Waals surface area contributed by atoms with Crippen molar-refractivity contribution in [1.82, 2.24) is 0 Å². The van der Waals surface area contributed by atoms with Crippen molar-refractivity contribution in [3.63, 3.8) is 0 Å². The van der Waals surface area contributed by atoms with Crippen molar-refractivity contribution >= 4 is 47.8 Å². The molecule has 0 amide bonds. The number of alkyl halides is 1. The van der Waals surface area contributed by atoms with Gasteiger partial charge in [-0.15, -0.1) is 0 Å². The van der Waals surface area contributed by atoms with Crippen molar-refractivity contribution in [2.24, 2.45) is 0 Å². The fourth-order valence-corrected chi connectivity index (χ4v) is 3.15. The Morgan fingerprint density at radius 3 is 2.39 bits per heavy atom. The fourth-order valence-electron chi connectivity index (χ4n) is 1.59. The summed E-state index contributed by atoms with van der Waals surface area (Å²) in [6, 6.07) is 12.0. The van der Waals surface area contributed by atoms with Gasteiger partial charge in [-0.2, -0.15) is 0 Å². The van der Waals surface area contributed by atoms with E-state index in [4.69, 9.17) is 4.74 Å². The Kier molecular flexibility index (Phi) is 4.87. The monoisotopic (exact) mass is 432 g/mol. The predicted molar refractivity (Wildman–Crippen MR) is 85.7 cm³/mol. The van der Waals surface area contributed by atoms with Crippen LogP contribution in [-0.2, 0) is 5.33 Å². The summed E-state index contributed by atoms with van der Waals surface area (Å²) in [6.45, 7) is 2.07. The zero-order chi connectivity index (χ0) is 13.1. The lowest BCUT2D eigenvalue weighted by atomic mass is 10.1. The fraction of sp³-hybridized carbons (Fsp3) is 0.143. The molecule has 0 aromatic heterocycles. The van der Waals surface area contributed by atoms with Crippen LogP contribution in [0.5, 0.6) is 11.5 Å². The van der Waals surface area contributed by atoms with Crippen LogP contribution in [0.4, 0.5) is 0 Å². The van der Waals surface area contributed by atoms with E-state index in [0.717, 1.165) is 31.3 Å². The van der Waals surface area contributed by atoms with Crippen molar-refractivity contribution < 1.29 is 4.74 Å². The van der Waals surface area contributed by atoms with Gasteiger partial charge in [0.1, 0.15) is 11.5 Å². The number of aryl methyl sites for hydroxylation is 1. The lowest BCUT2D eigenvalue weighted by Gasteiger charge is -2.12. The molecule has 0 fully saturated rings. The van der Waals surface area contributed by atoms with Crippen molar-refractivity contribution in [1.29, 1.82) is 0 Å². The van der Waals surface area contributed by atoms with Gasteiger partial charge < -0.3 is 4.74 Å². The standard InChI is InChI=1S/C14H11Br3O/c1-9-2-4-13(10(6-9)8-15)18-14-5-3-11(16)7-12(14)17/h2-7H,8H2,1H3. The normalized spacial score (nSPS) is 10.4. The lowest BCUT2D eigenvalue weighted by Crippen LogP contribution is -1.91. The highest BCUT2D eigenvalue weighted by Gasteiger charge is 2.07. The van der Waals surface area contributed by atoms with Crippen LogP contribution in [0.1, 0.15) is 11.1 Å². The van der Waals surface area contributed by atoms with E-state index in [1.54, 1.807) is 0 Å². The third-order valence-electron chi connectivity index (χ3n) is 2.47. The summed E-state index contributed by atoms with van der Waals surface area (Å²) in [6.07, 6.45) is 0. The molecule has 18 heavy (non-hydrogen) atoms. The minimum Gasteiger partial charge on any atom is -0.456 e. The molecule has 0 saturated heterocycles. The molecule has 0 aliphatic rings. The number of rotatable bonds is 3. The first-order valence-corrected chi connectivity index (χ1v) is 8.09. The Morgan fingerprint density at radius 1 is 1.00 bits per heavy atom. The van der Waals surface area contributed by atoms with Crippen LogP contribution in [-0.4, -0.2) is 0 Å². The van der Waals surface area contributed by atoms with Crippen molar-refractivity contribution in [3.8, 4) is 11.5 Å². The highest BCUT2D eigenvalue weighted by molar-refractivity contribution is 9.11. The summed E-state index contributed by atoms with van der Waals surface area (Å²) in [7, 11) is 0. The third kappa shape index (κ3) is 3.37. The Labute approximate surface area is 132 Å². The van der Waals surface area contributed by atoms with E-state index in [1.807, 2.05) is 30.3 Å². The van der Waals surface area contributed by atoms with E-state index < -0.39 is 0 Å². The van der Waals surface area contributed by atoms with E-state index in [0.29, 0.717) is 0 Å². The molecule has 0 heterocycles. The lowest BCUT2D eigenvalue weighted by molar-refractivity contribution is 0.475. The highest BCUT2D eigenvalue weighted by atomic mass is 79.9. The van der Waals surface area contributed by atoms with Gasteiger partial charge in [0.05, 0.1) is 4.47 Å². The van der Waals surface area contributed by atoms with Gasteiger partial charge in [-0.3, -0.25) is 0 Å².